The van der Waals surface area contributed by atoms with E-state index in [4.69, 9.17) is 18.4 Å². The second kappa shape index (κ2) is 18.3. The van der Waals surface area contributed by atoms with Gasteiger partial charge in [-0.25, -0.2) is 9.07 Å². The van der Waals surface area contributed by atoms with Crippen LogP contribution in [-0.2, 0) is 57.4 Å². The van der Waals surface area contributed by atoms with Crippen LogP contribution in [0.5, 0.6) is 11.5 Å². The first-order valence-corrected chi connectivity index (χ1v) is 20.8. The van der Waals surface area contributed by atoms with E-state index < -0.39 is 22.0 Å². The Morgan fingerprint density at radius 3 is 2.40 bits per heavy atom. The van der Waals surface area contributed by atoms with Crippen LogP contribution in [0, 0.1) is 19.7 Å². The molecule has 6 aromatic rings. The number of benzene rings is 5. The van der Waals surface area contributed by atoms with Gasteiger partial charge in [-0.2, -0.15) is 12.7 Å². The van der Waals surface area contributed by atoms with Crippen molar-refractivity contribution in [3.05, 3.63) is 153 Å². The number of carbonyl (C=O) groups excluding carboxylic acids is 1. The van der Waals surface area contributed by atoms with Gasteiger partial charge in [0.15, 0.2) is 17.3 Å². The molecule has 1 atom stereocenters. The van der Waals surface area contributed by atoms with Crippen LogP contribution in [0.1, 0.15) is 76.6 Å². The number of aryl methyl sites for hydroxylation is 3. The molecule has 0 saturated carbocycles. The average Bonchev–Trinajstić information content (AvgIpc) is 3.63. The Kier molecular flexibility index (Phi) is 12.8. The topological polar surface area (TPSA) is 122 Å². The number of rotatable bonds is 17. The molecule has 0 N–H and O–H groups in total. The quantitative estimate of drug-likeness (QED) is 0.0660. The summed E-state index contributed by atoms with van der Waals surface area (Å²) >= 11 is 0. The second-order valence-corrected chi connectivity index (χ2v) is 16.0. The molecule has 7 rings (SSSR count). The van der Waals surface area contributed by atoms with E-state index in [0.29, 0.717) is 25.3 Å². The number of unbranched alkanes of at least 4 members (excludes halogenated alkanes) is 1. The normalized spacial score (nSPS) is 14.1. The number of hydrogen-bond acceptors (Lipinski definition) is 9. The standard InChI is InChI=1S/C45H47FN4O7S/c1-4-55-44(51)25-39(38-19-20-41-45(32(38)3)47-48-50(41)21-11-12-22-54-29-33-13-7-5-8-14-33)35-18-17-31(2)36(23-35)27-49-28-37-24-43(56-30-34-15-9-6-10-16-34)40(46)26-42(37)57-58(49,52)53/h5-10,13-20,23-24,26,39H,4,11-12,21-22,25,27-30H2,1-3H3. The summed E-state index contributed by atoms with van der Waals surface area (Å²) in [5.41, 5.74) is 8.31. The highest BCUT2D eigenvalue weighted by atomic mass is 32.2. The van der Waals surface area contributed by atoms with Crippen LogP contribution in [-0.4, -0.2) is 46.9 Å². The Bertz CT molecular complexity index is 2480. The van der Waals surface area contributed by atoms with E-state index in [1.54, 1.807) is 6.92 Å². The van der Waals surface area contributed by atoms with Gasteiger partial charge in [0.1, 0.15) is 12.1 Å². The van der Waals surface area contributed by atoms with Gasteiger partial charge in [0.05, 0.1) is 25.2 Å². The minimum atomic E-state index is -4.27. The molecule has 0 spiro atoms. The lowest BCUT2D eigenvalue weighted by molar-refractivity contribution is -0.143. The van der Waals surface area contributed by atoms with Gasteiger partial charge in [-0.3, -0.25) is 4.79 Å². The van der Waals surface area contributed by atoms with Crippen molar-refractivity contribution in [3.63, 3.8) is 0 Å². The van der Waals surface area contributed by atoms with Crippen LogP contribution in [0.25, 0.3) is 11.0 Å². The maximum atomic E-state index is 15.0. The second-order valence-electron chi connectivity index (χ2n) is 14.4. The molecule has 0 saturated heterocycles. The van der Waals surface area contributed by atoms with Crippen molar-refractivity contribution in [3.8, 4) is 11.5 Å². The Labute approximate surface area is 338 Å². The van der Waals surface area contributed by atoms with E-state index in [9.17, 15) is 13.2 Å². The zero-order valence-electron chi connectivity index (χ0n) is 32.9. The fourth-order valence-electron chi connectivity index (χ4n) is 7.21. The summed E-state index contributed by atoms with van der Waals surface area (Å²) in [6, 6.07) is 31.8. The molecule has 58 heavy (non-hydrogen) atoms. The summed E-state index contributed by atoms with van der Waals surface area (Å²) in [6.45, 7) is 7.89. The van der Waals surface area contributed by atoms with Crippen molar-refractivity contribution < 1.29 is 36.0 Å². The van der Waals surface area contributed by atoms with Gasteiger partial charge >= 0.3 is 16.3 Å². The molecule has 0 radical (unpaired) electrons. The molecule has 1 aliphatic heterocycles. The lowest BCUT2D eigenvalue weighted by Gasteiger charge is -2.29. The predicted molar refractivity (Wildman–Crippen MR) is 218 cm³/mol. The molecular weight excluding hydrogens is 760 g/mol. The van der Waals surface area contributed by atoms with E-state index in [1.165, 1.54) is 10.4 Å². The number of fused-ring (bicyclic) bond motifs is 2. The number of aromatic nitrogens is 3. The highest BCUT2D eigenvalue weighted by Gasteiger charge is 2.34. The summed E-state index contributed by atoms with van der Waals surface area (Å²) in [5.74, 6) is -1.56. The highest BCUT2D eigenvalue weighted by molar-refractivity contribution is 7.84. The molecule has 0 bridgehead atoms. The highest BCUT2D eigenvalue weighted by Crippen LogP contribution is 2.38. The molecule has 2 heterocycles. The fourth-order valence-corrected chi connectivity index (χ4v) is 8.29. The molecule has 11 nitrogen and oxygen atoms in total. The first kappa shape index (κ1) is 40.6. The Morgan fingerprint density at radius 1 is 0.914 bits per heavy atom. The van der Waals surface area contributed by atoms with Crippen LogP contribution in [0.2, 0.25) is 0 Å². The SMILES string of the molecule is CCOC(=O)CC(c1ccc(C)c(CN2Cc3cc(OCc4ccccc4)c(F)cc3OS2(=O)=O)c1)c1ccc2c(nnn2CCCCOCc2ccccc2)c1C. The number of nitrogens with zero attached hydrogens (tertiary/aromatic N) is 4. The Balaban J connectivity index is 1.09. The third kappa shape index (κ3) is 9.55. The summed E-state index contributed by atoms with van der Waals surface area (Å²) in [6.07, 6.45) is 1.81. The largest absolute Gasteiger partial charge is 0.486 e. The van der Waals surface area contributed by atoms with Crippen molar-refractivity contribution in [2.45, 2.75) is 78.8 Å². The van der Waals surface area contributed by atoms with Gasteiger partial charge in [-0.15, -0.1) is 5.10 Å². The Morgan fingerprint density at radius 2 is 1.66 bits per heavy atom. The van der Waals surface area contributed by atoms with E-state index >= 15 is 4.39 Å². The third-order valence-electron chi connectivity index (χ3n) is 10.4. The zero-order valence-corrected chi connectivity index (χ0v) is 33.7. The van der Waals surface area contributed by atoms with Gasteiger partial charge < -0.3 is 18.4 Å². The molecule has 5 aromatic carbocycles. The molecule has 0 aliphatic carbocycles. The van der Waals surface area contributed by atoms with Crippen molar-refractivity contribution in [1.29, 1.82) is 0 Å². The van der Waals surface area contributed by atoms with Crippen molar-refractivity contribution in [2.75, 3.05) is 13.2 Å². The van der Waals surface area contributed by atoms with Crippen molar-refractivity contribution in [1.82, 2.24) is 19.3 Å². The van der Waals surface area contributed by atoms with Crippen LogP contribution < -0.4 is 8.92 Å². The molecule has 0 fully saturated rings. The molecule has 0 amide bonds. The smallest absolute Gasteiger partial charge is 0.385 e. The minimum absolute atomic E-state index is 0.00179. The summed E-state index contributed by atoms with van der Waals surface area (Å²) in [7, 11) is -4.27. The fraction of sp³-hybridized carbons (Fsp3) is 0.311. The molecule has 1 unspecified atom stereocenters. The number of carbonyl (C=O) groups is 1. The third-order valence-corrected chi connectivity index (χ3v) is 11.7. The lowest BCUT2D eigenvalue weighted by Crippen LogP contribution is -2.37. The van der Waals surface area contributed by atoms with Crippen LogP contribution >= 0.6 is 0 Å². The average molecular weight is 807 g/mol. The monoisotopic (exact) mass is 806 g/mol. The maximum Gasteiger partial charge on any atom is 0.385 e. The molecular formula is C45H47FN4O7S. The van der Waals surface area contributed by atoms with Crippen LogP contribution in [0.3, 0.4) is 0 Å². The predicted octanol–water partition coefficient (Wildman–Crippen LogP) is 8.49. The number of ether oxygens (including phenoxy) is 3. The lowest BCUT2D eigenvalue weighted by atomic mass is 9.84. The zero-order chi connectivity index (χ0) is 40.6. The molecule has 1 aromatic heterocycles. The summed E-state index contributed by atoms with van der Waals surface area (Å²) in [5, 5.41) is 9.02. The van der Waals surface area contributed by atoms with Gasteiger partial charge in [0.2, 0.25) is 0 Å². The van der Waals surface area contributed by atoms with Crippen molar-refractivity contribution in [2.24, 2.45) is 0 Å². The van der Waals surface area contributed by atoms with E-state index in [1.807, 2.05) is 110 Å². The van der Waals surface area contributed by atoms with Crippen LogP contribution in [0.15, 0.2) is 103 Å². The summed E-state index contributed by atoms with van der Waals surface area (Å²) in [4.78, 5) is 13.1. The van der Waals surface area contributed by atoms with Gasteiger partial charge in [0.25, 0.3) is 0 Å². The summed E-state index contributed by atoms with van der Waals surface area (Å²) < 4.78 is 67.4. The van der Waals surface area contributed by atoms with Gasteiger partial charge in [-0.05, 0) is 84.7 Å². The maximum absolute atomic E-state index is 15.0. The Hall–Kier alpha value is -5.63. The number of hydrogen-bond donors (Lipinski definition) is 0. The van der Waals surface area contributed by atoms with Gasteiger partial charge in [-0.1, -0.05) is 90.1 Å². The minimum Gasteiger partial charge on any atom is -0.486 e. The van der Waals surface area contributed by atoms with Crippen LogP contribution in [0.4, 0.5) is 4.39 Å². The molecule has 1 aliphatic rings. The first-order chi connectivity index (χ1) is 28.1. The van der Waals surface area contributed by atoms with E-state index in [-0.39, 0.29) is 50.2 Å². The van der Waals surface area contributed by atoms with Gasteiger partial charge in [0, 0.05) is 43.8 Å². The number of esters is 1. The van der Waals surface area contributed by atoms with Crippen molar-refractivity contribution >= 4 is 27.3 Å². The van der Waals surface area contributed by atoms with E-state index in [2.05, 4.69) is 10.3 Å². The molecule has 302 valence electrons. The number of halogens is 1. The van der Waals surface area contributed by atoms with E-state index in [0.717, 1.165) is 68.9 Å². The first-order valence-electron chi connectivity index (χ1n) is 19.5. The molecule has 13 heteroatoms.